The standard InChI is InChI=1S/C17H18ClN/c1-2-6-17(15-9-11-16(18)12-10-15)19-13-14-7-4-3-5-8-14/h2-5,7-12,17,19H,1,6,13H2/t17-/m1/s1. The second-order valence-electron chi connectivity index (χ2n) is 4.50. The minimum Gasteiger partial charge on any atom is -0.306 e. The van der Waals surface area contributed by atoms with Crippen molar-refractivity contribution in [3.8, 4) is 0 Å². The predicted octanol–water partition coefficient (Wildman–Crippen LogP) is 4.75. The van der Waals surface area contributed by atoms with E-state index in [0.29, 0.717) is 0 Å². The quantitative estimate of drug-likeness (QED) is 0.748. The normalized spacial score (nSPS) is 12.1. The lowest BCUT2D eigenvalue weighted by Crippen LogP contribution is -2.20. The van der Waals surface area contributed by atoms with Gasteiger partial charge in [0.25, 0.3) is 0 Å². The molecule has 0 saturated carbocycles. The van der Waals surface area contributed by atoms with E-state index in [0.717, 1.165) is 18.0 Å². The number of halogens is 1. The molecule has 0 aliphatic carbocycles. The molecule has 1 atom stereocenters. The van der Waals surface area contributed by atoms with Crippen LogP contribution in [0, 0.1) is 0 Å². The van der Waals surface area contributed by atoms with Gasteiger partial charge in [-0.05, 0) is 29.7 Å². The Morgan fingerprint density at radius 1 is 1.05 bits per heavy atom. The van der Waals surface area contributed by atoms with Gasteiger partial charge >= 0.3 is 0 Å². The van der Waals surface area contributed by atoms with E-state index in [1.807, 2.05) is 24.3 Å². The summed E-state index contributed by atoms with van der Waals surface area (Å²) >= 11 is 5.93. The van der Waals surface area contributed by atoms with Crippen LogP contribution in [0.4, 0.5) is 0 Å². The van der Waals surface area contributed by atoms with Crippen LogP contribution in [-0.2, 0) is 6.54 Å². The van der Waals surface area contributed by atoms with E-state index in [4.69, 9.17) is 11.6 Å². The summed E-state index contributed by atoms with van der Waals surface area (Å²) < 4.78 is 0. The first-order chi connectivity index (χ1) is 9.29. The fraction of sp³-hybridized carbons (Fsp3) is 0.176. The first kappa shape index (κ1) is 13.9. The van der Waals surface area contributed by atoms with Gasteiger partial charge in [0.2, 0.25) is 0 Å². The Bertz CT molecular complexity index is 505. The van der Waals surface area contributed by atoms with E-state index < -0.39 is 0 Å². The van der Waals surface area contributed by atoms with Crippen molar-refractivity contribution in [3.63, 3.8) is 0 Å². The molecule has 0 aromatic heterocycles. The second kappa shape index (κ2) is 7.13. The molecule has 0 unspecified atom stereocenters. The maximum Gasteiger partial charge on any atom is 0.0406 e. The summed E-state index contributed by atoms with van der Waals surface area (Å²) in [4.78, 5) is 0. The van der Waals surface area contributed by atoms with Crippen LogP contribution in [0.3, 0.4) is 0 Å². The van der Waals surface area contributed by atoms with Gasteiger partial charge in [0.05, 0.1) is 0 Å². The Balaban J connectivity index is 2.04. The van der Waals surface area contributed by atoms with Crippen molar-refractivity contribution in [2.45, 2.75) is 19.0 Å². The summed E-state index contributed by atoms with van der Waals surface area (Å²) in [6.45, 7) is 4.68. The third-order valence-electron chi connectivity index (χ3n) is 3.07. The molecule has 0 bridgehead atoms. The highest BCUT2D eigenvalue weighted by molar-refractivity contribution is 6.30. The Labute approximate surface area is 119 Å². The molecule has 0 amide bonds. The molecule has 2 rings (SSSR count). The van der Waals surface area contributed by atoms with Crippen molar-refractivity contribution >= 4 is 11.6 Å². The lowest BCUT2D eigenvalue weighted by atomic mass is 10.0. The summed E-state index contributed by atoms with van der Waals surface area (Å²) in [6.07, 6.45) is 2.84. The molecule has 2 heteroatoms. The van der Waals surface area contributed by atoms with E-state index in [2.05, 4.69) is 48.3 Å². The molecule has 0 saturated heterocycles. The largest absolute Gasteiger partial charge is 0.306 e. The predicted molar refractivity (Wildman–Crippen MR) is 82.3 cm³/mol. The Kier molecular flexibility index (Phi) is 5.20. The van der Waals surface area contributed by atoms with Crippen molar-refractivity contribution in [2.75, 3.05) is 0 Å². The molecule has 98 valence electrons. The molecule has 0 radical (unpaired) electrons. The topological polar surface area (TPSA) is 12.0 Å². The number of rotatable bonds is 6. The summed E-state index contributed by atoms with van der Waals surface area (Å²) in [5.41, 5.74) is 2.52. The highest BCUT2D eigenvalue weighted by Crippen LogP contribution is 2.20. The van der Waals surface area contributed by atoms with Crippen LogP contribution in [0.5, 0.6) is 0 Å². The maximum absolute atomic E-state index is 5.93. The fourth-order valence-corrected chi connectivity index (χ4v) is 2.16. The van der Waals surface area contributed by atoms with Crippen molar-refractivity contribution in [2.24, 2.45) is 0 Å². The molecule has 1 nitrogen and oxygen atoms in total. The molecule has 2 aromatic rings. The number of benzene rings is 2. The molecule has 19 heavy (non-hydrogen) atoms. The van der Waals surface area contributed by atoms with Gasteiger partial charge in [0.15, 0.2) is 0 Å². The second-order valence-corrected chi connectivity index (χ2v) is 4.93. The highest BCUT2D eigenvalue weighted by Gasteiger charge is 2.08. The molecule has 0 fully saturated rings. The maximum atomic E-state index is 5.93. The molecule has 0 heterocycles. The zero-order valence-corrected chi connectivity index (χ0v) is 11.6. The van der Waals surface area contributed by atoms with E-state index in [9.17, 15) is 0 Å². The monoisotopic (exact) mass is 271 g/mol. The van der Waals surface area contributed by atoms with E-state index in [1.165, 1.54) is 11.1 Å². The lowest BCUT2D eigenvalue weighted by Gasteiger charge is -2.18. The first-order valence-corrected chi connectivity index (χ1v) is 6.81. The van der Waals surface area contributed by atoms with Crippen molar-refractivity contribution in [3.05, 3.63) is 83.4 Å². The first-order valence-electron chi connectivity index (χ1n) is 6.43. The Morgan fingerprint density at radius 2 is 1.74 bits per heavy atom. The minimum atomic E-state index is 0.273. The average molecular weight is 272 g/mol. The van der Waals surface area contributed by atoms with Crippen LogP contribution in [0.1, 0.15) is 23.6 Å². The van der Waals surface area contributed by atoms with Crippen LogP contribution < -0.4 is 5.32 Å². The van der Waals surface area contributed by atoms with Crippen LogP contribution >= 0.6 is 11.6 Å². The number of hydrogen-bond donors (Lipinski definition) is 1. The van der Waals surface area contributed by atoms with E-state index >= 15 is 0 Å². The molecular weight excluding hydrogens is 254 g/mol. The lowest BCUT2D eigenvalue weighted by molar-refractivity contribution is 0.539. The van der Waals surface area contributed by atoms with E-state index in [1.54, 1.807) is 0 Å². The Morgan fingerprint density at radius 3 is 2.37 bits per heavy atom. The third kappa shape index (κ3) is 4.23. The highest BCUT2D eigenvalue weighted by atomic mass is 35.5. The van der Waals surface area contributed by atoms with Gasteiger partial charge < -0.3 is 5.32 Å². The van der Waals surface area contributed by atoms with Gasteiger partial charge in [0.1, 0.15) is 0 Å². The van der Waals surface area contributed by atoms with Crippen LogP contribution in [-0.4, -0.2) is 0 Å². The third-order valence-corrected chi connectivity index (χ3v) is 3.32. The molecule has 2 aromatic carbocycles. The van der Waals surface area contributed by atoms with Gasteiger partial charge in [-0.1, -0.05) is 60.1 Å². The molecule has 0 aliphatic rings. The van der Waals surface area contributed by atoms with Crippen molar-refractivity contribution < 1.29 is 0 Å². The summed E-state index contributed by atoms with van der Waals surface area (Å²) in [5.74, 6) is 0. The van der Waals surface area contributed by atoms with Crippen LogP contribution in [0.2, 0.25) is 5.02 Å². The van der Waals surface area contributed by atoms with Crippen LogP contribution in [0.25, 0.3) is 0 Å². The number of nitrogens with one attached hydrogen (secondary N) is 1. The van der Waals surface area contributed by atoms with Gasteiger partial charge in [-0.25, -0.2) is 0 Å². The molecular formula is C17H18ClN. The number of hydrogen-bond acceptors (Lipinski definition) is 1. The molecule has 1 N–H and O–H groups in total. The molecule has 0 aliphatic heterocycles. The SMILES string of the molecule is C=CC[C@@H](NCc1ccccc1)c1ccc(Cl)cc1. The summed E-state index contributed by atoms with van der Waals surface area (Å²) in [6, 6.07) is 18.7. The van der Waals surface area contributed by atoms with Gasteiger partial charge in [-0.2, -0.15) is 0 Å². The van der Waals surface area contributed by atoms with Crippen LogP contribution in [0.15, 0.2) is 67.3 Å². The van der Waals surface area contributed by atoms with Crippen molar-refractivity contribution in [1.29, 1.82) is 0 Å². The zero-order valence-electron chi connectivity index (χ0n) is 10.9. The Hall–Kier alpha value is -1.57. The summed E-state index contributed by atoms with van der Waals surface area (Å²) in [5, 5.41) is 4.33. The summed E-state index contributed by atoms with van der Waals surface area (Å²) in [7, 11) is 0. The zero-order chi connectivity index (χ0) is 13.5. The van der Waals surface area contributed by atoms with E-state index in [-0.39, 0.29) is 6.04 Å². The minimum absolute atomic E-state index is 0.273. The van der Waals surface area contributed by atoms with Gasteiger partial charge in [0, 0.05) is 17.6 Å². The van der Waals surface area contributed by atoms with Gasteiger partial charge in [-0.3, -0.25) is 0 Å². The van der Waals surface area contributed by atoms with Crippen molar-refractivity contribution in [1.82, 2.24) is 5.32 Å². The average Bonchev–Trinajstić information content (AvgIpc) is 2.46. The fourth-order valence-electron chi connectivity index (χ4n) is 2.04. The van der Waals surface area contributed by atoms with Gasteiger partial charge in [-0.15, -0.1) is 6.58 Å². The molecule has 0 spiro atoms. The smallest absolute Gasteiger partial charge is 0.0406 e.